The third-order valence-electron chi connectivity index (χ3n) is 2.20. The van der Waals surface area contributed by atoms with Crippen molar-refractivity contribution in [3.8, 4) is 11.4 Å². The van der Waals surface area contributed by atoms with Crippen LogP contribution in [0, 0.1) is 17.0 Å². The van der Waals surface area contributed by atoms with Gasteiger partial charge in [-0.25, -0.2) is 4.63 Å². The molecule has 0 bridgehead atoms. The quantitative estimate of drug-likeness (QED) is 0.580. The molecule has 94 valence electrons. The fraction of sp³-hybridized carbons (Fsp3) is 0.333. The predicted octanol–water partition coefficient (Wildman–Crippen LogP) is 0.739. The highest BCUT2D eigenvalue weighted by molar-refractivity contribution is 5.75. The summed E-state index contributed by atoms with van der Waals surface area (Å²) in [5.41, 5.74) is 0.394. The highest BCUT2D eigenvalue weighted by Crippen LogP contribution is 2.28. The number of hydrogen-bond acceptors (Lipinski definition) is 7. The first-order chi connectivity index (χ1) is 8.49. The van der Waals surface area contributed by atoms with Gasteiger partial charge in [0.15, 0.2) is 17.2 Å². The Bertz CT molecular complexity index is 614. The van der Waals surface area contributed by atoms with Crippen molar-refractivity contribution in [3.63, 3.8) is 0 Å². The number of rotatable bonds is 4. The van der Waals surface area contributed by atoms with Gasteiger partial charge in [-0.3, -0.25) is 19.6 Å². The molecule has 0 N–H and O–H groups in total. The van der Waals surface area contributed by atoms with Gasteiger partial charge >= 0.3 is 5.69 Å². The van der Waals surface area contributed by atoms with E-state index >= 15 is 0 Å². The Labute approximate surface area is 101 Å². The SMILES string of the molecule is CC(=O)Cn1cc([N+](=O)[O-])c(-c2nonc2C)n1. The van der Waals surface area contributed by atoms with E-state index in [1.165, 1.54) is 17.8 Å². The Balaban J connectivity index is 2.52. The van der Waals surface area contributed by atoms with Crippen molar-refractivity contribution in [2.75, 3.05) is 0 Å². The van der Waals surface area contributed by atoms with Crippen molar-refractivity contribution >= 4 is 11.5 Å². The summed E-state index contributed by atoms with van der Waals surface area (Å²) in [4.78, 5) is 21.3. The van der Waals surface area contributed by atoms with Gasteiger partial charge in [-0.15, -0.1) is 0 Å². The number of aromatic nitrogens is 4. The van der Waals surface area contributed by atoms with E-state index in [0.717, 1.165) is 0 Å². The second-order valence-electron chi connectivity index (χ2n) is 3.72. The first kappa shape index (κ1) is 11.9. The molecule has 2 aromatic rings. The van der Waals surface area contributed by atoms with Gasteiger partial charge in [0.25, 0.3) is 0 Å². The Morgan fingerprint density at radius 1 is 1.50 bits per heavy atom. The number of carbonyl (C=O) groups is 1. The first-order valence-electron chi connectivity index (χ1n) is 5.00. The van der Waals surface area contributed by atoms with Gasteiger partial charge in [0, 0.05) is 0 Å². The summed E-state index contributed by atoms with van der Waals surface area (Å²) in [5.74, 6) is -0.158. The van der Waals surface area contributed by atoms with E-state index in [9.17, 15) is 14.9 Å². The Morgan fingerprint density at radius 3 is 2.72 bits per heavy atom. The smallest absolute Gasteiger partial charge is 0.298 e. The number of ketones is 1. The van der Waals surface area contributed by atoms with Gasteiger partial charge in [-0.2, -0.15) is 5.10 Å². The average molecular weight is 251 g/mol. The molecule has 0 atom stereocenters. The van der Waals surface area contributed by atoms with Crippen molar-refractivity contribution in [3.05, 3.63) is 22.0 Å². The molecule has 0 fully saturated rings. The molecule has 0 saturated heterocycles. The molecule has 0 aliphatic rings. The van der Waals surface area contributed by atoms with Crippen LogP contribution in [0.25, 0.3) is 11.4 Å². The molecule has 0 unspecified atom stereocenters. The van der Waals surface area contributed by atoms with Gasteiger partial charge < -0.3 is 0 Å². The minimum absolute atomic E-state index is 0.0365. The van der Waals surface area contributed by atoms with Crippen LogP contribution in [0.4, 0.5) is 5.69 Å². The summed E-state index contributed by atoms with van der Waals surface area (Å²) >= 11 is 0. The van der Waals surface area contributed by atoms with Gasteiger partial charge in [-0.1, -0.05) is 5.16 Å². The molecule has 0 radical (unpaired) electrons. The zero-order valence-electron chi connectivity index (χ0n) is 9.65. The highest BCUT2D eigenvalue weighted by Gasteiger charge is 2.25. The van der Waals surface area contributed by atoms with E-state index in [-0.39, 0.29) is 29.4 Å². The minimum Gasteiger partial charge on any atom is -0.298 e. The fourth-order valence-electron chi connectivity index (χ4n) is 1.47. The predicted molar refractivity (Wildman–Crippen MR) is 57.6 cm³/mol. The Kier molecular flexibility index (Phi) is 2.88. The van der Waals surface area contributed by atoms with Crippen LogP contribution in [0.2, 0.25) is 0 Å². The molecule has 0 aliphatic carbocycles. The number of aryl methyl sites for hydroxylation is 1. The number of hydrogen-bond donors (Lipinski definition) is 0. The van der Waals surface area contributed by atoms with Crippen LogP contribution in [0.5, 0.6) is 0 Å². The molecular formula is C9H9N5O4. The maximum Gasteiger partial charge on any atom is 0.316 e. The summed E-state index contributed by atoms with van der Waals surface area (Å²) in [6.45, 7) is 2.93. The maximum absolute atomic E-state index is 11.0. The molecule has 9 nitrogen and oxygen atoms in total. The third-order valence-corrected chi connectivity index (χ3v) is 2.20. The third kappa shape index (κ3) is 2.10. The van der Waals surface area contributed by atoms with Gasteiger partial charge in [0.2, 0.25) is 0 Å². The van der Waals surface area contributed by atoms with Crippen molar-refractivity contribution in [2.45, 2.75) is 20.4 Å². The maximum atomic E-state index is 11.0. The number of nitrogens with zero attached hydrogens (tertiary/aromatic N) is 5. The number of Topliss-reactive ketones (excluding diaryl/α,β-unsaturated/α-hetero) is 1. The molecular weight excluding hydrogens is 242 g/mol. The standard InChI is InChI=1S/C9H9N5O4/c1-5(15)3-13-4-7(14(16)17)9(10-13)8-6(2)11-18-12-8/h4H,3H2,1-2H3. The largest absolute Gasteiger partial charge is 0.316 e. The van der Waals surface area contributed by atoms with E-state index in [1.807, 2.05) is 0 Å². The lowest BCUT2D eigenvalue weighted by Gasteiger charge is -1.93. The first-order valence-corrected chi connectivity index (χ1v) is 5.00. The van der Waals surface area contributed by atoms with Crippen molar-refractivity contribution in [1.82, 2.24) is 20.1 Å². The van der Waals surface area contributed by atoms with E-state index in [1.54, 1.807) is 6.92 Å². The zero-order chi connectivity index (χ0) is 13.3. The molecule has 2 heterocycles. The zero-order valence-corrected chi connectivity index (χ0v) is 9.65. The Hall–Kier alpha value is -2.58. The molecule has 18 heavy (non-hydrogen) atoms. The lowest BCUT2D eigenvalue weighted by molar-refractivity contribution is -0.384. The summed E-state index contributed by atoms with van der Waals surface area (Å²) in [5, 5.41) is 22.0. The molecule has 2 aromatic heterocycles. The summed E-state index contributed by atoms with van der Waals surface area (Å²) in [6, 6.07) is 0. The van der Waals surface area contributed by atoms with Crippen LogP contribution in [0.1, 0.15) is 12.6 Å². The lowest BCUT2D eigenvalue weighted by Crippen LogP contribution is -2.06. The van der Waals surface area contributed by atoms with Crippen LogP contribution in [-0.4, -0.2) is 30.8 Å². The van der Waals surface area contributed by atoms with Crippen LogP contribution in [0.3, 0.4) is 0 Å². The molecule has 0 saturated carbocycles. The monoisotopic (exact) mass is 251 g/mol. The highest BCUT2D eigenvalue weighted by atomic mass is 16.6. The number of carbonyl (C=O) groups excluding carboxylic acids is 1. The van der Waals surface area contributed by atoms with E-state index in [0.29, 0.717) is 5.69 Å². The molecule has 0 amide bonds. The summed E-state index contributed by atoms with van der Waals surface area (Å²) < 4.78 is 5.68. The second-order valence-corrected chi connectivity index (χ2v) is 3.72. The minimum atomic E-state index is -0.590. The molecule has 0 aromatic carbocycles. The van der Waals surface area contributed by atoms with Crippen molar-refractivity contribution < 1.29 is 14.3 Å². The van der Waals surface area contributed by atoms with Crippen LogP contribution in [0.15, 0.2) is 10.8 Å². The molecule has 2 rings (SSSR count). The molecule has 9 heteroatoms. The Morgan fingerprint density at radius 2 is 2.22 bits per heavy atom. The van der Waals surface area contributed by atoms with Crippen molar-refractivity contribution in [2.24, 2.45) is 0 Å². The lowest BCUT2D eigenvalue weighted by atomic mass is 10.2. The molecule has 0 spiro atoms. The number of nitro groups is 1. The molecule has 0 aliphatic heterocycles. The van der Waals surface area contributed by atoms with E-state index in [2.05, 4.69) is 20.0 Å². The van der Waals surface area contributed by atoms with E-state index < -0.39 is 4.92 Å². The van der Waals surface area contributed by atoms with Crippen LogP contribution in [-0.2, 0) is 11.3 Å². The van der Waals surface area contributed by atoms with Crippen LogP contribution >= 0.6 is 0 Å². The average Bonchev–Trinajstić information content (AvgIpc) is 2.83. The normalized spacial score (nSPS) is 10.6. The van der Waals surface area contributed by atoms with Gasteiger partial charge in [-0.05, 0) is 19.0 Å². The summed E-state index contributed by atoms with van der Waals surface area (Å²) in [7, 11) is 0. The van der Waals surface area contributed by atoms with Crippen LogP contribution < -0.4 is 0 Å². The fourth-order valence-corrected chi connectivity index (χ4v) is 1.47. The van der Waals surface area contributed by atoms with Gasteiger partial charge in [0.1, 0.15) is 11.9 Å². The topological polar surface area (TPSA) is 117 Å². The van der Waals surface area contributed by atoms with Crippen molar-refractivity contribution in [1.29, 1.82) is 0 Å². The van der Waals surface area contributed by atoms with E-state index in [4.69, 9.17) is 0 Å². The summed E-state index contributed by atoms with van der Waals surface area (Å²) in [6.07, 6.45) is 1.19. The van der Waals surface area contributed by atoms with Gasteiger partial charge in [0.05, 0.1) is 11.5 Å². The second kappa shape index (κ2) is 4.35.